The van der Waals surface area contributed by atoms with Gasteiger partial charge in [-0.2, -0.15) is 0 Å². The molecule has 3 rings (SSSR count). The number of rotatable bonds is 5. The third-order valence-electron chi connectivity index (χ3n) is 4.49. The highest BCUT2D eigenvalue weighted by molar-refractivity contribution is 7.92. The maximum Gasteiger partial charge on any atom is 0.341 e. The molecule has 0 radical (unpaired) electrons. The number of hydrogen-bond acceptors (Lipinski definition) is 6. The molecule has 0 atom stereocenters. The first-order valence-electron chi connectivity index (χ1n) is 8.73. The lowest BCUT2D eigenvalue weighted by Gasteiger charge is -2.08. The minimum absolute atomic E-state index is 0.0929. The van der Waals surface area contributed by atoms with Crippen LogP contribution in [0.15, 0.2) is 35.2 Å². The summed E-state index contributed by atoms with van der Waals surface area (Å²) >= 11 is 1.34. The molecular formula is C19H21NO5S2. The molecule has 1 N–H and O–H groups in total. The number of ether oxygens (including phenoxy) is 1. The van der Waals surface area contributed by atoms with E-state index >= 15 is 0 Å². The van der Waals surface area contributed by atoms with Crippen LogP contribution in [-0.4, -0.2) is 33.2 Å². The van der Waals surface area contributed by atoms with Crippen LogP contribution in [0.3, 0.4) is 0 Å². The Morgan fingerprint density at radius 1 is 1.11 bits per heavy atom. The molecule has 1 amide bonds. The molecule has 8 heteroatoms. The van der Waals surface area contributed by atoms with Crippen molar-refractivity contribution < 1.29 is 22.7 Å². The highest BCUT2D eigenvalue weighted by atomic mass is 32.2. The number of carbonyl (C=O) groups is 2. The number of amides is 1. The van der Waals surface area contributed by atoms with E-state index in [1.807, 2.05) is 0 Å². The van der Waals surface area contributed by atoms with Crippen LogP contribution < -0.4 is 5.32 Å². The van der Waals surface area contributed by atoms with Crippen LogP contribution in [0.25, 0.3) is 0 Å². The van der Waals surface area contributed by atoms with Crippen molar-refractivity contribution in [2.24, 2.45) is 0 Å². The van der Waals surface area contributed by atoms with Gasteiger partial charge in [-0.1, -0.05) is 24.6 Å². The quantitative estimate of drug-likeness (QED) is 0.607. The fourth-order valence-electron chi connectivity index (χ4n) is 3.20. The Labute approximate surface area is 162 Å². The Balaban J connectivity index is 1.85. The number of esters is 1. The Bertz CT molecular complexity index is 948. The number of benzene rings is 1. The number of nitrogens with one attached hydrogen (secondary N) is 1. The van der Waals surface area contributed by atoms with E-state index < -0.39 is 27.5 Å². The van der Waals surface area contributed by atoms with Crippen LogP contribution in [0.2, 0.25) is 0 Å². The maximum atomic E-state index is 12.4. The molecule has 1 aromatic heterocycles. The van der Waals surface area contributed by atoms with Crippen molar-refractivity contribution in [3.05, 3.63) is 46.3 Å². The van der Waals surface area contributed by atoms with Crippen molar-refractivity contribution in [3.63, 3.8) is 0 Å². The van der Waals surface area contributed by atoms with Gasteiger partial charge in [0.05, 0.1) is 17.6 Å². The maximum absolute atomic E-state index is 12.4. The van der Waals surface area contributed by atoms with Crippen LogP contribution in [0.5, 0.6) is 0 Å². The number of thiophene rings is 1. The van der Waals surface area contributed by atoms with Gasteiger partial charge in [-0.05, 0) is 43.4 Å². The molecule has 0 bridgehead atoms. The van der Waals surface area contributed by atoms with E-state index in [0.29, 0.717) is 10.6 Å². The van der Waals surface area contributed by atoms with Crippen LogP contribution in [0.1, 0.15) is 40.1 Å². The number of methoxy groups -OCH3 is 1. The predicted molar refractivity (Wildman–Crippen MR) is 104 cm³/mol. The van der Waals surface area contributed by atoms with E-state index in [2.05, 4.69) is 5.32 Å². The van der Waals surface area contributed by atoms with Crippen molar-refractivity contribution >= 4 is 38.1 Å². The molecule has 0 aliphatic heterocycles. The number of anilines is 1. The molecule has 0 spiro atoms. The summed E-state index contributed by atoms with van der Waals surface area (Å²) < 4.78 is 29.7. The van der Waals surface area contributed by atoms with Gasteiger partial charge < -0.3 is 10.1 Å². The molecule has 144 valence electrons. The molecular weight excluding hydrogens is 386 g/mol. The minimum Gasteiger partial charge on any atom is -0.465 e. The summed E-state index contributed by atoms with van der Waals surface area (Å²) in [7, 11) is -2.45. The molecule has 0 saturated carbocycles. The highest BCUT2D eigenvalue weighted by Crippen LogP contribution is 2.38. The van der Waals surface area contributed by atoms with Gasteiger partial charge in [0.15, 0.2) is 9.84 Å². The van der Waals surface area contributed by atoms with Gasteiger partial charge in [-0.15, -0.1) is 11.3 Å². The Morgan fingerprint density at radius 3 is 2.52 bits per heavy atom. The normalized spacial score (nSPS) is 14.1. The Kier molecular flexibility index (Phi) is 5.96. The van der Waals surface area contributed by atoms with Crippen molar-refractivity contribution in [2.45, 2.75) is 37.0 Å². The fourth-order valence-corrected chi connectivity index (χ4v) is 5.64. The smallest absolute Gasteiger partial charge is 0.341 e. The minimum atomic E-state index is -3.75. The van der Waals surface area contributed by atoms with Crippen LogP contribution in [0, 0.1) is 0 Å². The first kappa shape index (κ1) is 19.6. The van der Waals surface area contributed by atoms with Crippen LogP contribution >= 0.6 is 11.3 Å². The summed E-state index contributed by atoms with van der Waals surface area (Å²) in [6.07, 6.45) is 4.71. The Hall–Kier alpha value is -2.19. The van der Waals surface area contributed by atoms with Crippen molar-refractivity contribution in [3.8, 4) is 0 Å². The van der Waals surface area contributed by atoms with Gasteiger partial charge >= 0.3 is 5.97 Å². The third kappa shape index (κ3) is 4.39. The average molecular weight is 408 g/mol. The summed E-state index contributed by atoms with van der Waals surface area (Å²) in [5.74, 6) is -1.85. The monoisotopic (exact) mass is 407 g/mol. The van der Waals surface area contributed by atoms with Crippen molar-refractivity contribution in [2.75, 3.05) is 18.2 Å². The van der Waals surface area contributed by atoms with E-state index in [0.717, 1.165) is 42.5 Å². The zero-order valence-electron chi connectivity index (χ0n) is 15.0. The predicted octanol–water partition coefficient (Wildman–Crippen LogP) is 3.22. The molecule has 1 aromatic carbocycles. The summed E-state index contributed by atoms with van der Waals surface area (Å²) in [6.45, 7) is 0. The van der Waals surface area contributed by atoms with Crippen LogP contribution in [-0.2, 0) is 32.2 Å². The number of aryl methyl sites for hydroxylation is 1. The molecule has 27 heavy (non-hydrogen) atoms. The number of hydrogen-bond donors (Lipinski definition) is 1. The number of sulfone groups is 1. The van der Waals surface area contributed by atoms with Gasteiger partial charge in [0.25, 0.3) is 0 Å². The second-order valence-corrected chi connectivity index (χ2v) is 9.48. The van der Waals surface area contributed by atoms with Gasteiger partial charge in [-0.25, -0.2) is 13.2 Å². The van der Waals surface area contributed by atoms with E-state index in [1.54, 1.807) is 18.2 Å². The van der Waals surface area contributed by atoms with Gasteiger partial charge in [0.2, 0.25) is 5.91 Å². The molecule has 0 saturated heterocycles. The van der Waals surface area contributed by atoms with Gasteiger partial charge in [0, 0.05) is 4.88 Å². The second kappa shape index (κ2) is 8.22. The molecule has 0 unspecified atom stereocenters. The van der Waals surface area contributed by atoms with E-state index in [-0.39, 0.29) is 4.90 Å². The zero-order chi connectivity index (χ0) is 19.4. The zero-order valence-corrected chi connectivity index (χ0v) is 16.6. The van der Waals surface area contributed by atoms with E-state index in [1.165, 1.54) is 30.6 Å². The van der Waals surface area contributed by atoms with Gasteiger partial charge in [-0.3, -0.25) is 4.79 Å². The largest absolute Gasteiger partial charge is 0.465 e. The van der Waals surface area contributed by atoms with Crippen LogP contribution in [0.4, 0.5) is 5.00 Å². The molecule has 1 aliphatic carbocycles. The molecule has 0 fully saturated rings. The SMILES string of the molecule is COC(=O)c1c(NC(=O)CS(=O)(=O)c2ccccc2)sc2c1CCCCC2. The number of carbonyl (C=O) groups excluding carboxylic acids is 2. The Morgan fingerprint density at radius 2 is 1.81 bits per heavy atom. The summed E-state index contributed by atoms with van der Waals surface area (Å²) in [5.41, 5.74) is 1.29. The molecule has 1 aliphatic rings. The van der Waals surface area contributed by atoms with E-state index in [4.69, 9.17) is 4.74 Å². The average Bonchev–Trinajstić information content (AvgIpc) is 2.82. The lowest BCUT2D eigenvalue weighted by Crippen LogP contribution is -2.23. The molecule has 1 heterocycles. The topological polar surface area (TPSA) is 89.5 Å². The third-order valence-corrected chi connectivity index (χ3v) is 7.33. The first-order chi connectivity index (χ1) is 12.9. The second-order valence-electron chi connectivity index (χ2n) is 6.38. The van der Waals surface area contributed by atoms with Crippen molar-refractivity contribution in [1.29, 1.82) is 0 Å². The summed E-state index contributed by atoms with van der Waals surface area (Å²) in [4.78, 5) is 25.8. The van der Waals surface area contributed by atoms with E-state index in [9.17, 15) is 18.0 Å². The summed E-state index contributed by atoms with van der Waals surface area (Å²) in [5, 5.41) is 3.01. The lowest BCUT2D eigenvalue weighted by atomic mass is 10.1. The standard InChI is InChI=1S/C19H21NO5S2/c1-25-19(22)17-14-10-6-3-7-11-15(14)26-18(17)20-16(21)12-27(23,24)13-8-4-2-5-9-13/h2,4-5,8-9H,3,6-7,10-12H2,1H3,(H,20,21). The molecule has 6 nitrogen and oxygen atoms in total. The van der Waals surface area contributed by atoms with Crippen molar-refractivity contribution in [1.82, 2.24) is 0 Å². The first-order valence-corrected chi connectivity index (χ1v) is 11.2. The fraction of sp³-hybridized carbons (Fsp3) is 0.368. The highest BCUT2D eigenvalue weighted by Gasteiger charge is 2.27. The molecule has 2 aromatic rings. The lowest BCUT2D eigenvalue weighted by molar-refractivity contribution is -0.113. The summed E-state index contributed by atoms with van der Waals surface area (Å²) in [6, 6.07) is 7.83. The van der Waals surface area contributed by atoms with Gasteiger partial charge in [0.1, 0.15) is 10.8 Å². The number of fused-ring (bicyclic) bond motifs is 1.